The first-order chi connectivity index (χ1) is 8.67. The molecule has 1 heterocycles. The van der Waals surface area contributed by atoms with Crippen molar-refractivity contribution in [1.29, 1.82) is 5.26 Å². The van der Waals surface area contributed by atoms with Crippen LogP contribution in [-0.4, -0.2) is 22.0 Å². The number of benzene rings is 1. The number of nitrogens with zero attached hydrogens (tertiary/aromatic N) is 3. The van der Waals surface area contributed by atoms with Crippen molar-refractivity contribution in [1.82, 2.24) is 14.9 Å². The molecule has 1 aromatic heterocycles. The number of hydrogen-bond donors (Lipinski definition) is 2. The van der Waals surface area contributed by atoms with Gasteiger partial charge in [0.1, 0.15) is 18.1 Å². The Hall–Kier alpha value is -2.55. The molecule has 18 heavy (non-hydrogen) atoms. The number of carbonyl (C=O) groups is 1. The molecule has 0 aliphatic heterocycles. The average molecular weight is 243 g/mol. The summed E-state index contributed by atoms with van der Waals surface area (Å²) in [7, 11) is 0. The topological polar surface area (TPSA) is 96.7 Å². The van der Waals surface area contributed by atoms with Gasteiger partial charge in [0.25, 0.3) is 0 Å². The summed E-state index contributed by atoms with van der Waals surface area (Å²) in [5.41, 5.74) is 7.46. The number of hydrogen-bond acceptors (Lipinski definition) is 4. The Balaban J connectivity index is 2.49. The summed E-state index contributed by atoms with van der Waals surface area (Å²) in [6.07, 6.45) is 0. The maximum absolute atomic E-state index is 11.6. The first kappa shape index (κ1) is 11.9. The molecule has 1 aromatic carbocycles. The zero-order valence-corrected chi connectivity index (χ0v) is 9.97. The lowest BCUT2D eigenvalue weighted by molar-refractivity contribution is -0.121. The van der Waals surface area contributed by atoms with Crippen LogP contribution >= 0.6 is 0 Å². The number of nitrogens with one attached hydrogen (secondary N) is 1. The van der Waals surface area contributed by atoms with E-state index in [4.69, 9.17) is 11.0 Å². The maximum Gasteiger partial charge on any atom is 0.240 e. The molecule has 0 radical (unpaired) electrons. The van der Waals surface area contributed by atoms with Gasteiger partial charge in [-0.15, -0.1) is 0 Å². The van der Waals surface area contributed by atoms with Gasteiger partial charge >= 0.3 is 0 Å². The van der Waals surface area contributed by atoms with Gasteiger partial charge in [0.05, 0.1) is 11.1 Å². The third kappa shape index (κ3) is 1.98. The minimum Gasteiger partial charge on any atom is -0.369 e. The van der Waals surface area contributed by atoms with E-state index in [-0.39, 0.29) is 18.4 Å². The predicted molar refractivity (Wildman–Crippen MR) is 67.5 cm³/mol. The second kappa shape index (κ2) is 4.75. The Labute approximate surface area is 104 Å². The molecule has 1 amide bonds. The molecular weight excluding hydrogens is 230 g/mol. The molecule has 2 rings (SSSR count). The van der Waals surface area contributed by atoms with Crippen LogP contribution in [0.5, 0.6) is 0 Å². The van der Waals surface area contributed by atoms with E-state index in [1.165, 1.54) is 0 Å². The van der Waals surface area contributed by atoms with Crippen molar-refractivity contribution >= 4 is 22.9 Å². The van der Waals surface area contributed by atoms with Gasteiger partial charge < -0.3 is 15.6 Å². The highest BCUT2D eigenvalue weighted by atomic mass is 16.1. The third-order valence-corrected chi connectivity index (χ3v) is 2.60. The standard InChI is InChI=1S/C12H13N5O/c1-2-15-10(18)7-17-9-5-3-4-8(6-13)11(9)16-12(17)14/h3-5H,2,7H2,1H3,(H2,14,16)(H,15,18). The summed E-state index contributed by atoms with van der Waals surface area (Å²) in [6.45, 7) is 2.51. The minimum absolute atomic E-state index is 0.102. The normalized spacial score (nSPS) is 10.2. The lowest BCUT2D eigenvalue weighted by Gasteiger charge is -2.06. The number of fused-ring (bicyclic) bond motifs is 1. The molecule has 0 fully saturated rings. The monoisotopic (exact) mass is 243 g/mol. The molecule has 3 N–H and O–H groups in total. The fourth-order valence-electron chi connectivity index (χ4n) is 1.82. The Kier molecular flexibility index (Phi) is 3.15. The summed E-state index contributed by atoms with van der Waals surface area (Å²) < 4.78 is 1.60. The minimum atomic E-state index is -0.133. The van der Waals surface area contributed by atoms with E-state index in [1.54, 1.807) is 22.8 Å². The van der Waals surface area contributed by atoms with E-state index < -0.39 is 0 Å². The summed E-state index contributed by atoms with van der Waals surface area (Å²) in [5, 5.41) is 11.7. The molecule has 0 spiro atoms. The van der Waals surface area contributed by atoms with Crippen LogP contribution in [0, 0.1) is 11.3 Å². The van der Waals surface area contributed by atoms with E-state index in [0.29, 0.717) is 23.1 Å². The van der Waals surface area contributed by atoms with Crippen molar-refractivity contribution < 1.29 is 4.79 Å². The number of aromatic nitrogens is 2. The van der Waals surface area contributed by atoms with Crippen molar-refractivity contribution in [2.75, 3.05) is 12.3 Å². The molecule has 0 saturated heterocycles. The van der Waals surface area contributed by atoms with Crippen LogP contribution in [0.15, 0.2) is 18.2 Å². The Morgan fingerprint density at radius 1 is 1.61 bits per heavy atom. The fourth-order valence-corrected chi connectivity index (χ4v) is 1.82. The van der Waals surface area contributed by atoms with Gasteiger partial charge in [0, 0.05) is 6.54 Å². The summed E-state index contributed by atoms with van der Waals surface area (Å²) in [5.74, 6) is 0.102. The number of nitrogens with two attached hydrogens (primary N) is 1. The molecule has 92 valence electrons. The molecule has 6 nitrogen and oxygen atoms in total. The van der Waals surface area contributed by atoms with Crippen LogP contribution in [0.25, 0.3) is 11.0 Å². The Morgan fingerprint density at radius 3 is 3.06 bits per heavy atom. The Bertz CT molecular complexity index is 638. The first-order valence-corrected chi connectivity index (χ1v) is 5.59. The van der Waals surface area contributed by atoms with Gasteiger partial charge in [-0.25, -0.2) is 4.98 Å². The second-order valence-corrected chi connectivity index (χ2v) is 3.79. The number of nitrogen functional groups attached to an aromatic ring is 1. The van der Waals surface area contributed by atoms with Crippen molar-refractivity contribution in [3.63, 3.8) is 0 Å². The average Bonchev–Trinajstić information content (AvgIpc) is 2.66. The third-order valence-electron chi connectivity index (χ3n) is 2.60. The highest BCUT2D eigenvalue weighted by Gasteiger charge is 2.13. The van der Waals surface area contributed by atoms with Crippen molar-refractivity contribution in [2.45, 2.75) is 13.5 Å². The summed E-state index contributed by atoms with van der Waals surface area (Å²) in [6, 6.07) is 7.27. The van der Waals surface area contributed by atoms with Crippen LogP contribution in [0.1, 0.15) is 12.5 Å². The van der Waals surface area contributed by atoms with Gasteiger partial charge in [-0.2, -0.15) is 5.26 Å². The van der Waals surface area contributed by atoms with Crippen molar-refractivity contribution in [3.8, 4) is 6.07 Å². The molecule has 0 unspecified atom stereocenters. The van der Waals surface area contributed by atoms with E-state index in [2.05, 4.69) is 16.4 Å². The number of carbonyl (C=O) groups excluding carboxylic acids is 1. The predicted octanol–water partition coefficient (Wildman–Crippen LogP) is 0.626. The van der Waals surface area contributed by atoms with Gasteiger partial charge in [0.2, 0.25) is 11.9 Å². The van der Waals surface area contributed by atoms with Crippen LogP contribution in [0.4, 0.5) is 5.95 Å². The molecule has 0 aliphatic rings. The smallest absolute Gasteiger partial charge is 0.240 e. The molecule has 2 aromatic rings. The highest BCUT2D eigenvalue weighted by Crippen LogP contribution is 2.20. The lowest BCUT2D eigenvalue weighted by Crippen LogP contribution is -2.27. The number of amides is 1. The number of rotatable bonds is 3. The number of imidazole rings is 1. The van der Waals surface area contributed by atoms with Crippen molar-refractivity contribution in [3.05, 3.63) is 23.8 Å². The second-order valence-electron chi connectivity index (χ2n) is 3.79. The molecule has 6 heteroatoms. The first-order valence-electron chi connectivity index (χ1n) is 5.59. The van der Waals surface area contributed by atoms with E-state index in [0.717, 1.165) is 0 Å². The molecule has 0 aliphatic carbocycles. The highest BCUT2D eigenvalue weighted by molar-refractivity contribution is 5.86. The van der Waals surface area contributed by atoms with Gasteiger partial charge in [-0.3, -0.25) is 4.79 Å². The van der Waals surface area contributed by atoms with Crippen molar-refractivity contribution in [2.24, 2.45) is 0 Å². The number of nitriles is 1. The molecule has 0 bridgehead atoms. The molecule has 0 saturated carbocycles. The van der Waals surface area contributed by atoms with E-state index >= 15 is 0 Å². The largest absolute Gasteiger partial charge is 0.369 e. The number of anilines is 1. The lowest BCUT2D eigenvalue weighted by atomic mass is 10.2. The summed E-state index contributed by atoms with van der Waals surface area (Å²) >= 11 is 0. The quantitative estimate of drug-likeness (QED) is 0.826. The summed E-state index contributed by atoms with van der Waals surface area (Å²) in [4.78, 5) is 15.7. The SMILES string of the molecule is CCNC(=O)Cn1c(N)nc2c(C#N)cccc21. The van der Waals surface area contributed by atoms with Crippen LogP contribution in [-0.2, 0) is 11.3 Å². The zero-order valence-electron chi connectivity index (χ0n) is 9.97. The van der Waals surface area contributed by atoms with Crippen LogP contribution < -0.4 is 11.1 Å². The van der Waals surface area contributed by atoms with E-state index in [9.17, 15) is 4.79 Å². The maximum atomic E-state index is 11.6. The fraction of sp³-hybridized carbons (Fsp3) is 0.250. The Morgan fingerprint density at radius 2 is 2.39 bits per heavy atom. The number of likely N-dealkylation sites (N-methyl/N-ethyl adjacent to an activating group) is 1. The van der Waals surface area contributed by atoms with Crippen LogP contribution in [0.3, 0.4) is 0 Å². The molecule has 0 atom stereocenters. The van der Waals surface area contributed by atoms with Crippen LogP contribution in [0.2, 0.25) is 0 Å². The molecular formula is C12H13N5O. The van der Waals surface area contributed by atoms with E-state index in [1.807, 2.05) is 6.92 Å². The number of para-hydroxylation sites is 1. The zero-order chi connectivity index (χ0) is 13.1. The van der Waals surface area contributed by atoms with Gasteiger partial charge in [0.15, 0.2) is 0 Å². The van der Waals surface area contributed by atoms with Gasteiger partial charge in [-0.05, 0) is 19.1 Å². The van der Waals surface area contributed by atoms with Gasteiger partial charge in [-0.1, -0.05) is 6.07 Å².